The van der Waals surface area contributed by atoms with Crippen molar-refractivity contribution >= 4 is 11.3 Å². The number of nitrogens with zero attached hydrogens (tertiary/aromatic N) is 1. The Balaban J connectivity index is 1.95. The van der Waals surface area contributed by atoms with Gasteiger partial charge in [-0.2, -0.15) is 0 Å². The normalized spacial score (nSPS) is 14.0. The molecule has 0 aliphatic heterocycles. The maximum absolute atomic E-state index is 2.40. The number of aryl methyl sites for hydroxylation is 3. The molecule has 0 N–H and O–H groups in total. The third kappa shape index (κ3) is 3.68. The molecule has 0 heterocycles. The van der Waals surface area contributed by atoms with Crippen LogP contribution in [0.15, 0.2) is 53.6 Å². The summed E-state index contributed by atoms with van der Waals surface area (Å²) < 4.78 is 2.40. The fraction of sp³-hybridized carbons (Fsp3) is 0.304. The molecule has 1 aliphatic carbocycles. The van der Waals surface area contributed by atoms with Crippen molar-refractivity contribution in [2.75, 3.05) is 3.38 Å². The zero-order chi connectivity index (χ0) is 18.1. The van der Waals surface area contributed by atoms with E-state index in [9.17, 15) is 0 Å². The van der Waals surface area contributed by atoms with E-state index in [1.807, 2.05) is 0 Å². The summed E-state index contributed by atoms with van der Waals surface area (Å²) in [5.41, 5.74) is 12.6. The minimum absolute atomic E-state index is 0.927. The molecule has 0 spiro atoms. The van der Waals surface area contributed by atoms with Gasteiger partial charge >= 0.3 is 164 Å². The number of anilines is 1. The number of hydrogen-bond acceptors (Lipinski definition) is 1. The second-order valence-corrected chi connectivity index (χ2v) is 8.03. The SMILES string of the molecule is CC1=CCC(c2ccccc2C[N]([Ti])c2c(C)cc(C)cc2C)=C1C. The summed E-state index contributed by atoms with van der Waals surface area (Å²) in [6, 6.07) is 13.4. The van der Waals surface area contributed by atoms with Gasteiger partial charge in [-0.1, -0.05) is 0 Å². The average molecular weight is 364 g/mol. The van der Waals surface area contributed by atoms with Gasteiger partial charge in [0, 0.05) is 0 Å². The Kier molecular flexibility index (Phi) is 5.36. The number of allylic oxidation sites excluding steroid dienone is 4. The Morgan fingerprint density at radius 3 is 2.20 bits per heavy atom. The first-order valence-corrected chi connectivity index (χ1v) is 9.60. The van der Waals surface area contributed by atoms with E-state index < -0.39 is 0 Å². The second-order valence-electron chi connectivity index (χ2n) is 7.19. The molecule has 0 fully saturated rings. The van der Waals surface area contributed by atoms with Crippen molar-refractivity contribution in [3.63, 3.8) is 0 Å². The molecular weight excluding hydrogens is 338 g/mol. The van der Waals surface area contributed by atoms with Gasteiger partial charge in [0.1, 0.15) is 0 Å². The Hall–Kier alpha value is -1.57. The minimum atomic E-state index is 0.927. The summed E-state index contributed by atoms with van der Waals surface area (Å²) in [6.45, 7) is 12.0. The van der Waals surface area contributed by atoms with E-state index in [0.717, 1.165) is 13.0 Å². The van der Waals surface area contributed by atoms with Crippen molar-refractivity contribution in [2.24, 2.45) is 0 Å². The summed E-state index contributed by atoms with van der Waals surface area (Å²) in [6.07, 6.45) is 3.40. The van der Waals surface area contributed by atoms with Gasteiger partial charge in [-0.25, -0.2) is 0 Å². The van der Waals surface area contributed by atoms with Crippen molar-refractivity contribution < 1.29 is 20.7 Å². The molecule has 0 amide bonds. The first-order valence-electron chi connectivity index (χ1n) is 8.90. The fourth-order valence-corrected chi connectivity index (χ4v) is 4.73. The van der Waals surface area contributed by atoms with Crippen LogP contribution in [0.1, 0.15) is 48.1 Å². The molecule has 0 saturated heterocycles. The summed E-state index contributed by atoms with van der Waals surface area (Å²) in [4.78, 5) is 0. The van der Waals surface area contributed by atoms with Crippen molar-refractivity contribution in [3.05, 3.63) is 81.4 Å². The van der Waals surface area contributed by atoms with Crippen LogP contribution in [0.3, 0.4) is 0 Å². The summed E-state index contributed by atoms with van der Waals surface area (Å²) >= 11 is 2.21. The molecule has 0 saturated carbocycles. The van der Waals surface area contributed by atoms with Crippen LogP contribution in [0.2, 0.25) is 0 Å². The molecule has 127 valence electrons. The monoisotopic (exact) mass is 364 g/mol. The molecule has 2 heteroatoms. The van der Waals surface area contributed by atoms with Gasteiger partial charge in [0.05, 0.1) is 0 Å². The quantitative estimate of drug-likeness (QED) is 0.584. The van der Waals surface area contributed by atoms with Gasteiger partial charge in [-0.15, -0.1) is 0 Å². The van der Waals surface area contributed by atoms with Gasteiger partial charge in [0.15, 0.2) is 0 Å². The number of rotatable bonds is 4. The molecule has 3 rings (SSSR count). The molecular formula is C23H26NTi. The van der Waals surface area contributed by atoms with Gasteiger partial charge in [0.2, 0.25) is 0 Å². The second kappa shape index (κ2) is 7.36. The van der Waals surface area contributed by atoms with E-state index in [1.165, 1.54) is 50.2 Å². The van der Waals surface area contributed by atoms with E-state index in [-0.39, 0.29) is 0 Å². The Labute approximate surface area is 164 Å². The van der Waals surface area contributed by atoms with E-state index in [4.69, 9.17) is 0 Å². The zero-order valence-electron chi connectivity index (χ0n) is 15.9. The van der Waals surface area contributed by atoms with E-state index in [1.54, 1.807) is 0 Å². The standard InChI is InChI=1S/C23H26N.Ti/c1-15-12-17(3)23(18(4)13-15)24-14-20-8-6-7-9-22(20)21-11-10-16(2)19(21)5;/h6-10,12-13H,11,14H2,1-5H3;/q-1;+1. The van der Waals surface area contributed by atoms with Crippen molar-refractivity contribution in [3.8, 4) is 0 Å². The predicted molar refractivity (Wildman–Crippen MR) is 104 cm³/mol. The predicted octanol–water partition coefficient (Wildman–Crippen LogP) is 6.20. The molecule has 1 aliphatic rings. The third-order valence-electron chi connectivity index (χ3n) is 5.23. The molecule has 0 unspecified atom stereocenters. The molecule has 0 atom stereocenters. The van der Waals surface area contributed by atoms with Crippen LogP contribution in [0, 0.1) is 20.8 Å². The van der Waals surface area contributed by atoms with Crippen LogP contribution in [0.4, 0.5) is 5.69 Å². The Morgan fingerprint density at radius 1 is 0.960 bits per heavy atom. The number of hydrogen-bond donors (Lipinski definition) is 0. The van der Waals surface area contributed by atoms with Crippen molar-refractivity contribution in [1.29, 1.82) is 0 Å². The van der Waals surface area contributed by atoms with Crippen molar-refractivity contribution in [2.45, 2.75) is 47.6 Å². The van der Waals surface area contributed by atoms with Crippen LogP contribution in [-0.2, 0) is 27.2 Å². The van der Waals surface area contributed by atoms with Crippen LogP contribution in [0.25, 0.3) is 5.57 Å². The van der Waals surface area contributed by atoms with Gasteiger partial charge in [0.25, 0.3) is 0 Å². The van der Waals surface area contributed by atoms with Gasteiger partial charge < -0.3 is 0 Å². The summed E-state index contributed by atoms with van der Waals surface area (Å²) in [5.74, 6) is 0. The van der Waals surface area contributed by atoms with Crippen LogP contribution in [-0.4, -0.2) is 0 Å². The molecule has 25 heavy (non-hydrogen) atoms. The average Bonchev–Trinajstić information content (AvgIpc) is 2.86. The topological polar surface area (TPSA) is 3.24 Å². The molecule has 1 nitrogen and oxygen atoms in total. The first-order chi connectivity index (χ1) is 11.9. The van der Waals surface area contributed by atoms with E-state index in [2.05, 4.69) is 101 Å². The van der Waals surface area contributed by atoms with E-state index >= 15 is 0 Å². The third-order valence-corrected chi connectivity index (χ3v) is 5.83. The number of benzene rings is 2. The van der Waals surface area contributed by atoms with Crippen molar-refractivity contribution in [1.82, 2.24) is 0 Å². The van der Waals surface area contributed by atoms with Gasteiger partial charge in [-0.3, -0.25) is 0 Å². The molecule has 0 aromatic heterocycles. The van der Waals surface area contributed by atoms with Crippen LogP contribution in [0.5, 0.6) is 0 Å². The zero-order valence-corrected chi connectivity index (χ0v) is 17.5. The van der Waals surface area contributed by atoms with E-state index in [0.29, 0.717) is 0 Å². The molecule has 0 radical (unpaired) electrons. The summed E-state index contributed by atoms with van der Waals surface area (Å²) in [5, 5.41) is 0. The van der Waals surface area contributed by atoms with Gasteiger partial charge in [-0.05, 0) is 0 Å². The Morgan fingerprint density at radius 2 is 1.60 bits per heavy atom. The summed E-state index contributed by atoms with van der Waals surface area (Å²) in [7, 11) is 0. The molecule has 2 aromatic rings. The fourth-order valence-electron chi connectivity index (χ4n) is 3.91. The maximum atomic E-state index is 2.40. The molecule has 0 bridgehead atoms. The Bertz CT molecular complexity index is 850. The first kappa shape index (κ1) is 18.2. The van der Waals surface area contributed by atoms with Crippen LogP contribution < -0.4 is 3.38 Å². The molecule has 2 aromatic carbocycles. The van der Waals surface area contributed by atoms with Crippen LogP contribution >= 0.6 is 0 Å².